The maximum absolute atomic E-state index is 12.2. The highest BCUT2D eigenvalue weighted by Crippen LogP contribution is 2.37. The summed E-state index contributed by atoms with van der Waals surface area (Å²) in [6.07, 6.45) is 9.70. The number of allylic oxidation sites excluding steroid dienone is 2. The van der Waals surface area contributed by atoms with Gasteiger partial charge in [-0.2, -0.15) is 0 Å². The van der Waals surface area contributed by atoms with Gasteiger partial charge in [-0.25, -0.2) is 4.39 Å². The second kappa shape index (κ2) is 8.14. The summed E-state index contributed by atoms with van der Waals surface area (Å²) in [6, 6.07) is 16.5. The second-order valence-corrected chi connectivity index (χ2v) is 6.54. The van der Waals surface area contributed by atoms with Crippen LogP contribution in [0.25, 0.3) is 11.1 Å². The van der Waals surface area contributed by atoms with Crippen LogP contribution in [-0.4, -0.2) is 6.86 Å². The predicted molar refractivity (Wildman–Crippen MR) is 98.0 cm³/mol. The molecule has 0 spiro atoms. The van der Waals surface area contributed by atoms with Gasteiger partial charge in [0.1, 0.15) is 5.75 Å². The van der Waals surface area contributed by atoms with Crippen molar-refractivity contribution in [3.8, 4) is 16.9 Å². The molecule has 2 heteroatoms. The first-order valence-electron chi connectivity index (χ1n) is 8.82. The van der Waals surface area contributed by atoms with E-state index in [9.17, 15) is 4.39 Å². The minimum absolute atomic E-state index is 0.566. The first kappa shape index (κ1) is 16.8. The average Bonchev–Trinajstić information content (AvgIpc) is 2.64. The monoisotopic (exact) mass is 324 g/mol. The van der Waals surface area contributed by atoms with Gasteiger partial charge in [0.15, 0.2) is 0 Å². The maximum Gasteiger partial charge on any atom is 0.228 e. The minimum Gasteiger partial charge on any atom is -0.463 e. The van der Waals surface area contributed by atoms with Crippen molar-refractivity contribution in [1.82, 2.24) is 0 Å². The van der Waals surface area contributed by atoms with Crippen molar-refractivity contribution in [2.24, 2.45) is 5.92 Å². The van der Waals surface area contributed by atoms with Gasteiger partial charge in [-0.1, -0.05) is 48.6 Å². The van der Waals surface area contributed by atoms with Gasteiger partial charge >= 0.3 is 0 Å². The number of ether oxygens (including phenoxy) is 1. The van der Waals surface area contributed by atoms with E-state index in [1.807, 2.05) is 24.3 Å². The fraction of sp³-hybridized carbons (Fsp3) is 0.364. The zero-order valence-electron chi connectivity index (χ0n) is 14.2. The van der Waals surface area contributed by atoms with E-state index in [1.165, 1.54) is 36.8 Å². The Balaban J connectivity index is 1.65. The Bertz CT molecular complexity index is 649. The molecule has 2 aromatic rings. The van der Waals surface area contributed by atoms with Gasteiger partial charge in [-0.15, -0.1) is 0 Å². The van der Waals surface area contributed by atoms with Crippen molar-refractivity contribution in [3.05, 3.63) is 66.2 Å². The SMILES string of the molecule is C/C=C/C1CCC(c2ccc(-c3ccc(OCF)cc3)cc2)CC1. The van der Waals surface area contributed by atoms with Crippen LogP contribution in [0.5, 0.6) is 5.75 Å². The number of hydrogen-bond donors (Lipinski definition) is 0. The van der Waals surface area contributed by atoms with E-state index in [4.69, 9.17) is 4.74 Å². The third-order valence-corrected chi connectivity index (χ3v) is 5.03. The highest BCUT2D eigenvalue weighted by Gasteiger charge is 2.20. The lowest BCUT2D eigenvalue weighted by Crippen LogP contribution is -2.11. The molecule has 0 aromatic heterocycles. The van der Waals surface area contributed by atoms with Crippen LogP contribution in [0.1, 0.15) is 44.1 Å². The summed E-state index contributed by atoms with van der Waals surface area (Å²) in [5, 5.41) is 0. The second-order valence-electron chi connectivity index (χ2n) is 6.54. The molecule has 0 radical (unpaired) electrons. The summed E-state index contributed by atoms with van der Waals surface area (Å²) in [4.78, 5) is 0. The molecule has 1 fully saturated rings. The maximum atomic E-state index is 12.2. The molecule has 0 amide bonds. The van der Waals surface area contributed by atoms with Crippen molar-refractivity contribution in [2.45, 2.75) is 38.5 Å². The summed E-state index contributed by atoms with van der Waals surface area (Å²) >= 11 is 0. The Morgan fingerprint density at radius 2 is 1.50 bits per heavy atom. The van der Waals surface area contributed by atoms with E-state index in [1.54, 1.807) is 0 Å². The Kier molecular flexibility index (Phi) is 5.68. The predicted octanol–water partition coefficient (Wildman–Crippen LogP) is 6.51. The Labute approximate surface area is 144 Å². The molecule has 0 heterocycles. The molecule has 1 aliphatic rings. The summed E-state index contributed by atoms with van der Waals surface area (Å²) in [5.41, 5.74) is 3.77. The van der Waals surface area contributed by atoms with Crippen molar-refractivity contribution in [1.29, 1.82) is 0 Å². The van der Waals surface area contributed by atoms with E-state index >= 15 is 0 Å². The number of hydrogen-bond acceptors (Lipinski definition) is 1. The largest absolute Gasteiger partial charge is 0.463 e. The summed E-state index contributed by atoms with van der Waals surface area (Å²) in [6.45, 7) is 1.32. The van der Waals surface area contributed by atoms with Gasteiger partial charge in [-0.05, 0) is 73.3 Å². The van der Waals surface area contributed by atoms with E-state index in [2.05, 4.69) is 43.3 Å². The van der Waals surface area contributed by atoms with Gasteiger partial charge < -0.3 is 4.74 Å². The quantitative estimate of drug-likeness (QED) is 0.570. The average molecular weight is 324 g/mol. The zero-order valence-corrected chi connectivity index (χ0v) is 14.2. The number of benzene rings is 2. The van der Waals surface area contributed by atoms with Gasteiger partial charge in [0.2, 0.25) is 6.86 Å². The van der Waals surface area contributed by atoms with Crippen LogP contribution in [0.3, 0.4) is 0 Å². The van der Waals surface area contributed by atoms with E-state index in [0.717, 1.165) is 11.5 Å². The fourth-order valence-electron chi connectivity index (χ4n) is 3.67. The molecular weight excluding hydrogens is 299 g/mol. The number of halogens is 1. The Hall–Kier alpha value is -2.09. The first-order valence-corrected chi connectivity index (χ1v) is 8.82. The molecular formula is C22H25FO. The summed E-state index contributed by atoms with van der Waals surface area (Å²) in [7, 11) is 0. The van der Waals surface area contributed by atoms with E-state index in [0.29, 0.717) is 11.7 Å². The Morgan fingerprint density at radius 3 is 2.04 bits per heavy atom. The highest BCUT2D eigenvalue weighted by atomic mass is 19.1. The van der Waals surface area contributed by atoms with Crippen LogP contribution < -0.4 is 4.74 Å². The van der Waals surface area contributed by atoms with Crippen molar-refractivity contribution < 1.29 is 9.13 Å². The normalized spacial score (nSPS) is 21.1. The molecule has 0 atom stereocenters. The third kappa shape index (κ3) is 4.05. The summed E-state index contributed by atoms with van der Waals surface area (Å²) in [5.74, 6) is 2.03. The zero-order chi connectivity index (χ0) is 16.8. The standard InChI is InChI=1S/C22H25FO/c1-2-3-17-4-6-18(7-5-17)19-8-10-20(11-9-19)21-12-14-22(15-13-21)24-16-23/h2-3,8-15,17-18H,4-7,16H2,1H3/b3-2+. The van der Waals surface area contributed by atoms with Gasteiger partial charge in [0, 0.05) is 0 Å². The molecule has 0 unspecified atom stereocenters. The van der Waals surface area contributed by atoms with Gasteiger partial charge in [-0.3, -0.25) is 0 Å². The lowest BCUT2D eigenvalue weighted by atomic mass is 9.78. The Morgan fingerprint density at radius 1 is 0.917 bits per heavy atom. The molecule has 0 bridgehead atoms. The molecule has 2 aromatic carbocycles. The van der Waals surface area contributed by atoms with Gasteiger partial charge in [0.05, 0.1) is 0 Å². The first-order chi connectivity index (χ1) is 11.8. The molecule has 126 valence electrons. The highest BCUT2D eigenvalue weighted by molar-refractivity contribution is 5.64. The molecule has 1 nitrogen and oxygen atoms in total. The fourth-order valence-corrected chi connectivity index (χ4v) is 3.67. The van der Waals surface area contributed by atoms with Crippen LogP contribution in [-0.2, 0) is 0 Å². The lowest BCUT2D eigenvalue weighted by Gasteiger charge is -2.27. The van der Waals surface area contributed by atoms with Crippen LogP contribution in [0.4, 0.5) is 4.39 Å². The third-order valence-electron chi connectivity index (χ3n) is 5.03. The van der Waals surface area contributed by atoms with Crippen molar-refractivity contribution in [2.75, 3.05) is 6.86 Å². The molecule has 24 heavy (non-hydrogen) atoms. The lowest BCUT2D eigenvalue weighted by molar-refractivity contribution is 0.192. The smallest absolute Gasteiger partial charge is 0.228 e. The number of rotatable bonds is 5. The van der Waals surface area contributed by atoms with Crippen LogP contribution >= 0.6 is 0 Å². The molecule has 1 saturated carbocycles. The van der Waals surface area contributed by atoms with Gasteiger partial charge in [0.25, 0.3) is 0 Å². The molecule has 1 aliphatic carbocycles. The molecule has 0 N–H and O–H groups in total. The van der Waals surface area contributed by atoms with Crippen molar-refractivity contribution in [3.63, 3.8) is 0 Å². The van der Waals surface area contributed by atoms with Crippen LogP contribution in [0.15, 0.2) is 60.7 Å². The van der Waals surface area contributed by atoms with Crippen LogP contribution in [0.2, 0.25) is 0 Å². The minimum atomic E-state index is -0.787. The van der Waals surface area contributed by atoms with Crippen LogP contribution in [0, 0.1) is 5.92 Å². The molecule has 0 saturated heterocycles. The molecule has 0 aliphatic heterocycles. The number of alkyl halides is 1. The summed E-state index contributed by atoms with van der Waals surface area (Å²) < 4.78 is 17.0. The van der Waals surface area contributed by atoms with Crippen molar-refractivity contribution >= 4 is 0 Å². The molecule has 3 rings (SSSR count). The van der Waals surface area contributed by atoms with E-state index < -0.39 is 6.86 Å². The topological polar surface area (TPSA) is 9.23 Å². The van der Waals surface area contributed by atoms with E-state index in [-0.39, 0.29) is 0 Å².